The molecule has 6 heteroatoms. The van der Waals surface area contributed by atoms with E-state index in [4.69, 9.17) is 27.9 Å². The lowest BCUT2D eigenvalue weighted by Crippen LogP contribution is -2.18. The normalized spacial score (nSPS) is 11.1. The SMILES string of the molecule is CC(C)(CC=C(Cl)Cl)CC(=O)OCc1c(F)cccc1F. The van der Waals surface area contributed by atoms with E-state index in [2.05, 4.69) is 0 Å². The number of rotatable bonds is 6. The Morgan fingerprint density at radius 3 is 2.38 bits per heavy atom. The Morgan fingerprint density at radius 1 is 1.29 bits per heavy atom. The Hall–Kier alpha value is -1.13. The molecule has 0 aliphatic heterocycles. The fourth-order valence-electron chi connectivity index (χ4n) is 1.69. The molecule has 0 heterocycles. The van der Waals surface area contributed by atoms with Gasteiger partial charge in [-0.1, -0.05) is 49.2 Å². The number of hydrogen-bond acceptors (Lipinski definition) is 2. The van der Waals surface area contributed by atoms with Crippen LogP contribution in [0.3, 0.4) is 0 Å². The van der Waals surface area contributed by atoms with Crippen LogP contribution in [0.4, 0.5) is 8.78 Å². The van der Waals surface area contributed by atoms with Gasteiger partial charge in [-0.25, -0.2) is 8.78 Å². The van der Waals surface area contributed by atoms with Gasteiger partial charge in [-0.15, -0.1) is 0 Å². The molecule has 0 fully saturated rings. The average molecular weight is 337 g/mol. The third kappa shape index (κ3) is 6.44. The van der Waals surface area contributed by atoms with Gasteiger partial charge in [0.05, 0.1) is 12.0 Å². The summed E-state index contributed by atoms with van der Waals surface area (Å²) in [7, 11) is 0. The van der Waals surface area contributed by atoms with Gasteiger partial charge in [0.1, 0.15) is 22.7 Å². The summed E-state index contributed by atoms with van der Waals surface area (Å²) >= 11 is 11.0. The van der Waals surface area contributed by atoms with E-state index in [9.17, 15) is 13.6 Å². The maximum atomic E-state index is 13.4. The second-order valence-electron chi connectivity index (χ2n) is 5.40. The van der Waals surface area contributed by atoms with E-state index >= 15 is 0 Å². The standard InChI is InChI=1S/C15H16Cl2F2O2/c1-15(2,7-6-13(16)17)8-14(20)21-9-10-11(18)4-3-5-12(10)19/h3-6H,7-9H2,1-2H3. The molecule has 0 aliphatic rings. The highest BCUT2D eigenvalue weighted by Gasteiger charge is 2.22. The molecule has 2 nitrogen and oxygen atoms in total. The lowest BCUT2D eigenvalue weighted by Gasteiger charge is -2.21. The molecule has 1 rings (SSSR count). The maximum Gasteiger partial charge on any atom is 0.306 e. The van der Waals surface area contributed by atoms with Crippen molar-refractivity contribution in [2.75, 3.05) is 0 Å². The van der Waals surface area contributed by atoms with Crippen molar-refractivity contribution in [3.63, 3.8) is 0 Å². The summed E-state index contributed by atoms with van der Waals surface area (Å²) in [6.45, 7) is 3.25. The zero-order chi connectivity index (χ0) is 16.0. The van der Waals surface area contributed by atoms with Crippen LogP contribution >= 0.6 is 23.2 Å². The van der Waals surface area contributed by atoms with E-state index < -0.39 is 29.6 Å². The molecule has 0 saturated heterocycles. The van der Waals surface area contributed by atoms with Crippen molar-refractivity contribution in [3.8, 4) is 0 Å². The maximum absolute atomic E-state index is 13.4. The summed E-state index contributed by atoms with van der Waals surface area (Å²) in [5, 5.41) is 0. The number of carbonyl (C=O) groups is 1. The minimum absolute atomic E-state index is 0.0840. The van der Waals surface area contributed by atoms with Crippen LogP contribution in [0.15, 0.2) is 28.8 Å². The third-order valence-electron chi connectivity index (χ3n) is 2.87. The first kappa shape index (κ1) is 17.9. The Kier molecular flexibility index (Phi) is 6.62. The van der Waals surface area contributed by atoms with Gasteiger partial charge in [0.2, 0.25) is 0 Å². The summed E-state index contributed by atoms with van der Waals surface area (Å²) in [6.07, 6.45) is 2.16. The Labute approximate surface area is 132 Å². The molecule has 1 aromatic carbocycles. The second kappa shape index (κ2) is 7.76. The van der Waals surface area contributed by atoms with Crippen LogP contribution in [-0.4, -0.2) is 5.97 Å². The molecule has 0 radical (unpaired) electrons. The second-order valence-corrected chi connectivity index (χ2v) is 6.41. The van der Waals surface area contributed by atoms with E-state index in [0.717, 1.165) is 12.1 Å². The molecule has 0 atom stereocenters. The molecule has 0 N–H and O–H groups in total. The molecule has 0 amide bonds. The van der Waals surface area contributed by atoms with E-state index in [1.165, 1.54) is 6.07 Å². The third-order valence-corrected chi connectivity index (χ3v) is 3.18. The molecule has 1 aromatic rings. The van der Waals surface area contributed by atoms with Crippen LogP contribution in [0.1, 0.15) is 32.3 Å². The molecule has 0 aliphatic carbocycles. The number of carbonyl (C=O) groups excluding carboxylic acids is 1. The zero-order valence-electron chi connectivity index (χ0n) is 11.8. The molecule has 0 bridgehead atoms. The molecule has 0 unspecified atom stereocenters. The first-order valence-electron chi connectivity index (χ1n) is 6.31. The van der Waals surface area contributed by atoms with Gasteiger partial charge in [-0.2, -0.15) is 0 Å². The smallest absolute Gasteiger partial charge is 0.306 e. The van der Waals surface area contributed by atoms with Crippen LogP contribution < -0.4 is 0 Å². The van der Waals surface area contributed by atoms with Crippen molar-refractivity contribution >= 4 is 29.2 Å². The lowest BCUT2D eigenvalue weighted by molar-refractivity contribution is -0.147. The van der Waals surface area contributed by atoms with Gasteiger partial charge < -0.3 is 4.74 Å². The predicted octanol–water partition coefficient (Wildman–Crippen LogP) is 5.13. The monoisotopic (exact) mass is 336 g/mol. The number of benzene rings is 1. The average Bonchev–Trinajstić information content (AvgIpc) is 2.35. The van der Waals surface area contributed by atoms with Crippen LogP contribution in [0.2, 0.25) is 0 Å². The topological polar surface area (TPSA) is 26.3 Å². The fourth-order valence-corrected chi connectivity index (χ4v) is 1.84. The molecule has 0 saturated carbocycles. The van der Waals surface area contributed by atoms with Gasteiger partial charge in [0.15, 0.2) is 0 Å². The first-order valence-corrected chi connectivity index (χ1v) is 7.06. The van der Waals surface area contributed by atoms with Gasteiger partial charge in [0, 0.05) is 0 Å². The van der Waals surface area contributed by atoms with Crippen LogP contribution in [-0.2, 0) is 16.1 Å². The number of halogens is 4. The van der Waals surface area contributed by atoms with Crippen molar-refractivity contribution in [3.05, 3.63) is 46.0 Å². The summed E-state index contributed by atoms with van der Waals surface area (Å²) in [5.74, 6) is -2.01. The van der Waals surface area contributed by atoms with E-state index in [0.29, 0.717) is 6.42 Å². The number of hydrogen-bond donors (Lipinski definition) is 0. The van der Waals surface area contributed by atoms with Crippen molar-refractivity contribution in [1.82, 2.24) is 0 Å². The van der Waals surface area contributed by atoms with Crippen molar-refractivity contribution in [1.29, 1.82) is 0 Å². The van der Waals surface area contributed by atoms with E-state index in [1.54, 1.807) is 6.08 Å². The quantitative estimate of drug-likeness (QED) is 0.673. The van der Waals surface area contributed by atoms with Crippen LogP contribution in [0.5, 0.6) is 0 Å². The molecular formula is C15H16Cl2F2O2. The number of allylic oxidation sites excluding steroid dienone is 1. The number of esters is 1. The Morgan fingerprint density at radius 2 is 1.86 bits per heavy atom. The van der Waals surface area contributed by atoms with Gasteiger partial charge in [-0.05, 0) is 24.0 Å². The van der Waals surface area contributed by atoms with Gasteiger partial charge >= 0.3 is 5.97 Å². The summed E-state index contributed by atoms with van der Waals surface area (Å²) in [5.41, 5.74) is -0.674. The highest BCUT2D eigenvalue weighted by atomic mass is 35.5. The molecule has 21 heavy (non-hydrogen) atoms. The van der Waals surface area contributed by atoms with Crippen molar-refractivity contribution in [2.24, 2.45) is 5.41 Å². The van der Waals surface area contributed by atoms with Crippen LogP contribution in [0.25, 0.3) is 0 Å². The fraction of sp³-hybridized carbons (Fsp3) is 0.400. The minimum Gasteiger partial charge on any atom is -0.461 e. The van der Waals surface area contributed by atoms with Gasteiger partial charge in [0.25, 0.3) is 0 Å². The first-order chi connectivity index (χ1) is 9.71. The van der Waals surface area contributed by atoms with E-state index in [-0.39, 0.29) is 16.5 Å². The Bertz CT molecular complexity index is 518. The van der Waals surface area contributed by atoms with Crippen LogP contribution in [0, 0.1) is 17.0 Å². The van der Waals surface area contributed by atoms with Crippen molar-refractivity contribution < 1.29 is 18.3 Å². The number of ether oxygens (including phenoxy) is 1. The summed E-state index contributed by atoms with van der Waals surface area (Å²) in [4.78, 5) is 11.7. The highest BCUT2D eigenvalue weighted by Crippen LogP contribution is 2.28. The summed E-state index contributed by atoms with van der Waals surface area (Å²) in [6, 6.07) is 3.48. The summed E-state index contributed by atoms with van der Waals surface area (Å²) < 4.78 is 31.8. The molecule has 0 aromatic heterocycles. The largest absolute Gasteiger partial charge is 0.461 e. The molecule has 116 valence electrons. The highest BCUT2D eigenvalue weighted by molar-refractivity contribution is 6.55. The predicted molar refractivity (Wildman–Crippen MR) is 79.0 cm³/mol. The van der Waals surface area contributed by atoms with Crippen molar-refractivity contribution in [2.45, 2.75) is 33.3 Å². The lowest BCUT2D eigenvalue weighted by atomic mass is 9.86. The molecular weight excluding hydrogens is 321 g/mol. The van der Waals surface area contributed by atoms with Gasteiger partial charge in [-0.3, -0.25) is 4.79 Å². The Balaban J connectivity index is 2.56. The van der Waals surface area contributed by atoms with E-state index in [1.807, 2.05) is 13.8 Å². The molecule has 0 spiro atoms. The zero-order valence-corrected chi connectivity index (χ0v) is 13.3. The minimum atomic E-state index is -0.737.